The van der Waals surface area contributed by atoms with Crippen LogP contribution in [0.3, 0.4) is 0 Å². The third-order valence-corrected chi connectivity index (χ3v) is 5.10. The normalized spacial score (nSPS) is 13.2. The number of aliphatic carboxylic acids is 1. The minimum Gasteiger partial charge on any atom is -0.506 e. The van der Waals surface area contributed by atoms with E-state index in [1.165, 1.54) is 12.1 Å². The van der Waals surface area contributed by atoms with E-state index < -0.39 is 47.0 Å². The predicted octanol–water partition coefficient (Wildman–Crippen LogP) is 2.23. The smallest absolute Gasteiger partial charge is 0.417 e. The fourth-order valence-corrected chi connectivity index (χ4v) is 3.71. The molecule has 0 unspecified atom stereocenters. The third-order valence-electron chi connectivity index (χ3n) is 4.45. The lowest BCUT2D eigenvalue weighted by Gasteiger charge is -2.16. The summed E-state index contributed by atoms with van der Waals surface area (Å²) >= 11 is 2.87. The van der Waals surface area contributed by atoms with E-state index in [9.17, 15) is 32.7 Å². The van der Waals surface area contributed by atoms with Gasteiger partial charge < -0.3 is 24.8 Å². The molecule has 0 saturated carbocycles. The summed E-state index contributed by atoms with van der Waals surface area (Å²) < 4.78 is 45.0. The van der Waals surface area contributed by atoms with Crippen molar-refractivity contribution in [2.75, 3.05) is 6.54 Å². The van der Waals surface area contributed by atoms with Crippen molar-refractivity contribution in [3.8, 4) is 5.75 Å². The number of nitrogens with zero attached hydrogens (tertiary/aromatic N) is 1. The summed E-state index contributed by atoms with van der Waals surface area (Å²) in [5.74, 6) is -3.04. The van der Waals surface area contributed by atoms with E-state index in [4.69, 9.17) is 9.84 Å². The van der Waals surface area contributed by atoms with Crippen LogP contribution in [0.15, 0.2) is 27.5 Å². The van der Waals surface area contributed by atoms with Crippen LogP contribution in [0.1, 0.15) is 32.7 Å². The molecule has 1 aromatic heterocycles. The summed E-state index contributed by atoms with van der Waals surface area (Å²) in [6, 6.07) is 3.26. The summed E-state index contributed by atoms with van der Waals surface area (Å²) in [5.41, 5.74) is -1.67. The lowest BCUT2D eigenvalue weighted by Crippen LogP contribution is -2.37. The van der Waals surface area contributed by atoms with E-state index >= 15 is 0 Å². The van der Waals surface area contributed by atoms with E-state index in [2.05, 4.69) is 15.9 Å². The Kier molecular flexibility index (Phi) is 5.90. The van der Waals surface area contributed by atoms with Crippen molar-refractivity contribution in [2.45, 2.75) is 25.9 Å². The molecule has 2 heterocycles. The maximum absolute atomic E-state index is 13.0. The van der Waals surface area contributed by atoms with Gasteiger partial charge in [-0.3, -0.25) is 14.4 Å². The molecule has 160 valence electrons. The molecule has 0 fully saturated rings. The second-order valence-corrected chi connectivity index (χ2v) is 7.28. The summed E-state index contributed by atoms with van der Waals surface area (Å²) in [6.07, 6.45) is -4.56. The predicted molar refractivity (Wildman–Crippen MR) is 99.1 cm³/mol. The van der Waals surface area contributed by atoms with Crippen LogP contribution in [0, 0.1) is 0 Å². The minimum absolute atomic E-state index is 0.0447. The van der Waals surface area contributed by atoms with E-state index in [0.29, 0.717) is 5.56 Å². The Labute approximate surface area is 175 Å². The highest BCUT2D eigenvalue weighted by molar-refractivity contribution is 9.10. The van der Waals surface area contributed by atoms with Crippen molar-refractivity contribution in [1.29, 1.82) is 0 Å². The number of hydrogen-bond acceptors (Lipinski definition) is 5. The average Bonchev–Trinajstić information content (AvgIpc) is 3.12. The van der Waals surface area contributed by atoms with Crippen molar-refractivity contribution in [3.05, 3.63) is 61.0 Å². The molecule has 1 aliphatic heterocycles. The molecule has 0 radical (unpaired) electrons. The molecule has 1 aromatic carbocycles. The molecule has 8 nitrogen and oxygen atoms in total. The third kappa shape index (κ3) is 4.19. The molecular formula is C18H14BrF3N2O6. The van der Waals surface area contributed by atoms with Crippen molar-refractivity contribution < 1.29 is 37.7 Å². The lowest BCUT2D eigenvalue weighted by molar-refractivity contribution is -0.138. The number of carbonyl (C=O) groups excluding carboxylic acids is 1. The van der Waals surface area contributed by atoms with Gasteiger partial charge in [0.05, 0.1) is 31.0 Å². The van der Waals surface area contributed by atoms with Gasteiger partial charge in [-0.25, -0.2) is 0 Å². The Morgan fingerprint density at radius 1 is 1.27 bits per heavy atom. The summed E-state index contributed by atoms with van der Waals surface area (Å²) in [5, 5.41) is 21.1. The highest BCUT2D eigenvalue weighted by Gasteiger charge is 2.33. The van der Waals surface area contributed by atoms with Crippen LogP contribution in [0.25, 0.3) is 0 Å². The number of amides is 1. The zero-order valence-corrected chi connectivity index (χ0v) is 16.6. The van der Waals surface area contributed by atoms with Crippen LogP contribution in [0.2, 0.25) is 0 Å². The van der Waals surface area contributed by atoms with E-state index in [1.54, 1.807) is 0 Å². The van der Waals surface area contributed by atoms with Crippen molar-refractivity contribution in [1.82, 2.24) is 9.88 Å². The molecule has 0 spiro atoms. The van der Waals surface area contributed by atoms with Crippen LogP contribution >= 0.6 is 15.9 Å². The first-order valence-corrected chi connectivity index (χ1v) is 9.21. The Balaban J connectivity index is 2.05. The van der Waals surface area contributed by atoms with Gasteiger partial charge in [-0.1, -0.05) is 22.0 Å². The molecule has 3 N–H and O–H groups in total. The molecule has 0 atom stereocenters. The topological polar surface area (TPSA) is 118 Å². The molecule has 12 heteroatoms. The number of aromatic hydroxyl groups is 1. The van der Waals surface area contributed by atoms with Crippen LogP contribution in [0.5, 0.6) is 5.75 Å². The Hall–Kier alpha value is -2.86. The zero-order chi connectivity index (χ0) is 22.2. The first-order chi connectivity index (χ1) is 14.0. The number of fused-ring (bicyclic) bond motifs is 1. The van der Waals surface area contributed by atoms with E-state index in [-0.39, 0.29) is 35.5 Å². The molecular weight excluding hydrogens is 477 g/mol. The Morgan fingerprint density at radius 2 is 1.97 bits per heavy atom. The second kappa shape index (κ2) is 8.11. The van der Waals surface area contributed by atoms with Gasteiger partial charge in [0.1, 0.15) is 17.9 Å². The lowest BCUT2D eigenvalue weighted by atomic mass is 10.1. The second-order valence-electron chi connectivity index (χ2n) is 6.42. The number of pyridine rings is 1. The van der Waals surface area contributed by atoms with Gasteiger partial charge >= 0.3 is 12.1 Å². The van der Waals surface area contributed by atoms with Gasteiger partial charge in [0.25, 0.3) is 11.5 Å². The molecule has 30 heavy (non-hydrogen) atoms. The first kappa shape index (κ1) is 21.8. The van der Waals surface area contributed by atoms with Crippen molar-refractivity contribution >= 4 is 27.8 Å². The number of ether oxygens (including phenoxy) is 1. The highest BCUT2D eigenvalue weighted by Crippen LogP contribution is 2.35. The Morgan fingerprint density at radius 3 is 2.57 bits per heavy atom. The number of carbonyl (C=O) groups is 2. The number of alkyl halides is 3. The molecule has 1 aliphatic rings. The largest absolute Gasteiger partial charge is 0.506 e. The Bertz CT molecular complexity index is 1100. The van der Waals surface area contributed by atoms with Gasteiger partial charge in [-0.2, -0.15) is 13.2 Å². The first-order valence-electron chi connectivity index (χ1n) is 8.41. The fourth-order valence-electron chi connectivity index (χ4n) is 3.06. The zero-order valence-electron chi connectivity index (χ0n) is 15.0. The van der Waals surface area contributed by atoms with Crippen molar-refractivity contribution in [2.24, 2.45) is 0 Å². The number of aromatic nitrogens is 1. The quantitative estimate of drug-likeness (QED) is 0.591. The molecule has 3 rings (SSSR count). The van der Waals surface area contributed by atoms with Gasteiger partial charge in [0.2, 0.25) is 0 Å². The fraction of sp³-hybridized carbons (Fsp3) is 0.278. The maximum Gasteiger partial charge on any atom is 0.417 e. The standard InChI is InChI=1S/C18H14BrF3N2O6/c19-11-3-8(1-2-10(11)18(20,21)22)5-24-12-7-30-6-9(12)15(27)14(17(24)29)16(28)23-4-13(25)26/h1-3,27H,4-7H2,(H,23,28)(H,25,26). The molecule has 0 aliphatic carbocycles. The van der Waals surface area contributed by atoms with Gasteiger partial charge in [-0.15, -0.1) is 0 Å². The maximum atomic E-state index is 13.0. The molecule has 0 saturated heterocycles. The average molecular weight is 491 g/mol. The minimum atomic E-state index is -4.56. The summed E-state index contributed by atoms with van der Waals surface area (Å²) in [4.78, 5) is 35.8. The van der Waals surface area contributed by atoms with Crippen LogP contribution < -0.4 is 10.9 Å². The monoisotopic (exact) mass is 490 g/mol. The highest BCUT2D eigenvalue weighted by atomic mass is 79.9. The molecule has 1 amide bonds. The van der Waals surface area contributed by atoms with Crippen molar-refractivity contribution in [3.63, 3.8) is 0 Å². The SMILES string of the molecule is O=C(O)CNC(=O)c1c(O)c2c(n(Cc3ccc(C(F)(F)F)c(Br)c3)c1=O)COC2. The number of hydrogen-bond donors (Lipinski definition) is 3. The number of nitrogens with one attached hydrogen (secondary N) is 1. The van der Waals surface area contributed by atoms with Crippen LogP contribution in [-0.2, 0) is 35.5 Å². The number of carboxylic acids is 1. The van der Waals surface area contributed by atoms with Crippen LogP contribution in [-0.4, -0.2) is 33.2 Å². The number of benzene rings is 1. The molecule has 0 bridgehead atoms. The van der Waals surface area contributed by atoms with Gasteiger partial charge in [-0.05, 0) is 17.7 Å². The summed E-state index contributed by atoms with van der Waals surface area (Å²) in [7, 11) is 0. The number of carboxylic acid groups (broad SMARTS) is 1. The van der Waals surface area contributed by atoms with Gasteiger partial charge in [0, 0.05) is 10.0 Å². The molecule has 2 aromatic rings. The van der Waals surface area contributed by atoms with Crippen LogP contribution in [0.4, 0.5) is 13.2 Å². The van der Waals surface area contributed by atoms with E-state index in [0.717, 1.165) is 10.6 Å². The van der Waals surface area contributed by atoms with E-state index in [1.807, 2.05) is 5.32 Å². The number of halogens is 4. The number of rotatable bonds is 5. The van der Waals surface area contributed by atoms with Gasteiger partial charge in [0.15, 0.2) is 0 Å². The summed E-state index contributed by atoms with van der Waals surface area (Å²) in [6.45, 7) is -1.09.